The van der Waals surface area contributed by atoms with Gasteiger partial charge in [0.2, 0.25) is 5.91 Å². The maximum absolute atomic E-state index is 13.4. The molecule has 5 rings (SSSR count). The van der Waals surface area contributed by atoms with Gasteiger partial charge in [0.05, 0.1) is 5.69 Å². The number of hydrogen-bond acceptors (Lipinski definition) is 4. The highest BCUT2D eigenvalue weighted by Gasteiger charge is 2.41. The first-order valence-corrected chi connectivity index (χ1v) is 12.8. The minimum atomic E-state index is -1.10. The fraction of sp³-hybridized carbons (Fsp3) is 0.300. The van der Waals surface area contributed by atoms with Gasteiger partial charge in [0.1, 0.15) is 11.7 Å². The molecule has 1 aliphatic heterocycles. The van der Waals surface area contributed by atoms with Gasteiger partial charge in [-0.1, -0.05) is 78.9 Å². The van der Waals surface area contributed by atoms with Crippen LogP contribution in [0, 0.1) is 0 Å². The number of likely N-dealkylation sites (tertiary alicyclic amines) is 1. The van der Waals surface area contributed by atoms with E-state index in [1.165, 1.54) is 16.5 Å². The highest BCUT2D eigenvalue weighted by Crippen LogP contribution is 2.38. The zero-order valence-electron chi connectivity index (χ0n) is 21.2. The second-order valence-electron chi connectivity index (χ2n) is 9.98. The Balaban J connectivity index is 1.26. The molecule has 0 bridgehead atoms. The van der Waals surface area contributed by atoms with Crippen molar-refractivity contribution in [3.63, 3.8) is 0 Å². The van der Waals surface area contributed by atoms with Crippen molar-refractivity contribution in [2.75, 3.05) is 20.1 Å². The summed E-state index contributed by atoms with van der Waals surface area (Å²) >= 11 is 0. The van der Waals surface area contributed by atoms with Crippen LogP contribution in [-0.2, 0) is 16.8 Å². The van der Waals surface area contributed by atoms with Crippen LogP contribution in [0.5, 0.6) is 0 Å². The van der Waals surface area contributed by atoms with Crippen molar-refractivity contribution in [1.82, 2.24) is 19.4 Å². The first kappa shape index (κ1) is 24.7. The van der Waals surface area contributed by atoms with Gasteiger partial charge < -0.3 is 10.6 Å². The van der Waals surface area contributed by atoms with Crippen molar-refractivity contribution in [2.45, 2.75) is 37.3 Å². The molecule has 1 saturated heterocycles. The number of imidazole rings is 1. The molecule has 0 spiro atoms. The summed E-state index contributed by atoms with van der Waals surface area (Å²) < 4.78 is 1.48. The van der Waals surface area contributed by atoms with Gasteiger partial charge >= 0.3 is 6.03 Å². The Morgan fingerprint density at radius 2 is 1.73 bits per heavy atom. The molecule has 3 aromatic rings. The molecule has 37 heavy (non-hydrogen) atoms. The lowest BCUT2D eigenvalue weighted by Crippen LogP contribution is -2.46. The Morgan fingerprint density at radius 3 is 2.41 bits per heavy atom. The summed E-state index contributed by atoms with van der Waals surface area (Å²) in [5, 5.41) is 0. The zero-order valence-corrected chi connectivity index (χ0v) is 21.2. The minimum absolute atomic E-state index is 0.151. The third kappa shape index (κ3) is 5.13. The normalized spacial score (nSPS) is 20.4. The fourth-order valence-electron chi connectivity index (χ4n) is 5.37. The van der Waals surface area contributed by atoms with Crippen LogP contribution in [0.25, 0.3) is 5.57 Å². The number of aromatic nitrogens is 2. The number of carbonyl (C=O) groups excluding carboxylic acids is 2. The molecule has 1 fully saturated rings. The molecule has 1 atom stereocenters. The van der Waals surface area contributed by atoms with E-state index < -0.39 is 11.3 Å². The van der Waals surface area contributed by atoms with Gasteiger partial charge in [-0.15, -0.1) is 0 Å². The summed E-state index contributed by atoms with van der Waals surface area (Å²) in [5.74, 6) is -0.484. The van der Waals surface area contributed by atoms with Crippen molar-refractivity contribution < 1.29 is 9.59 Å². The predicted molar refractivity (Wildman–Crippen MR) is 145 cm³/mol. The van der Waals surface area contributed by atoms with E-state index in [1.54, 1.807) is 17.2 Å². The number of rotatable bonds is 6. The highest BCUT2D eigenvalue weighted by atomic mass is 16.2. The van der Waals surface area contributed by atoms with Crippen molar-refractivity contribution in [1.29, 1.82) is 0 Å². The molecule has 2 amide bonds. The molecule has 2 aromatic carbocycles. The number of hydrogen-bond donors (Lipinski definition) is 1. The first-order chi connectivity index (χ1) is 18.0. The lowest BCUT2D eigenvalue weighted by molar-refractivity contribution is -0.121. The van der Waals surface area contributed by atoms with Gasteiger partial charge in [0.25, 0.3) is 0 Å². The molecule has 7 nitrogen and oxygen atoms in total. The van der Waals surface area contributed by atoms with E-state index in [9.17, 15) is 9.59 Å². The Bertz CT molecular complexity index is 1310. The van der Waals surface area contributed by atoms with E-state index in [4.69, 9.17) is 5.73 Å². The molecule has 190 valence electrons. The van der Waals surface area contributed by atoms with E-state index in [2.05, 4.69) is 34.1 Å². The maximum Gasteiger partial charge on any atom is 0.329 e. The average molecular weight is 496 g/mol. The largest absolute Gasteiger partial charge is 0.369 e. The molecule has 2 heterocycles. The number of nitrogens with zero attached hydrogens (tertiary/aromatic N) is 4. The van der Waals surface area contributed by atoms with Crippen LogP contribution in [0.2, 0.25) is 0 Å². The predicted octanol–water partition coefficient (Wildman–Crippen LogP) is 4.21. The van der Waals surface area contributed by atoms with Gasteiger partial charge in [-0.3, -0.25) is 14.3 Å². The van der Waals surface area contributed by atoms with Crippen LogP contribution in [0.1, 0.15) is 36.1 Å². The van der Waals surface area contributed by atoms with E-state index in [0.717, 1.165) is 43.6 Å². The summed E-state index contributed by atoms with van der Waals surface area (Å²) in [4.78, 5) is 34.9. The monoisotopic (exact) mass is 495 g/mol. The fourth-order valence-corrected chi connectivity index (χ4v) is 5.37. The van der Waals surface area contributed by atoms with Crippen molar-refractivity contribution >= 4 is 17.5 Å². The first-order valence-electron chi connectivity index (χ1n) is 12.8. The lowest BCUT2D eigenvalue weighted by atomic mass is 9.74. The van der Waals surface area contributed by atoms with Crippen LogP contribution >= 0.6 is 0 Å². The number of piperidine rings is 1. The molecular weight excluding hydrogens is 462 g/mol. The molecule has 1 aliphatic carbocycles. The quantitative estimate of drug-likeness (QED) is 0.555. The van der Waals surface area contributed by atoms with Gasteiger partial charge in [-0.2, -0.15) is 0 Å². The van der Waals surface area contributed by atoms with E-state index in [1.807, 2.05) is 55.6 Å². The smallest absolute Gasteiger partial charge is 0.329 e. The number of benzene rings is 2. The minimum Gasteiger partial charge on any atom is -0.369 e. The lowest BCUT2D eigenvalue weighted by Gasteiger charge is -2.36. The van der Waals surface area contributed by atoms with Crippen molar-refractivity contribution in [3.05, 3.63) is 108 Å². The number of allylic oxidation sites excluding steroid dienone is 3. The van der Waals surface area contributed by atoms with E-state index in [-0.39, 0.29) is 12.1 Å². The Labute approximate surface area is 217 Å². The summed E-state index contributed by atoms with van der Waals surface area (Å²) in [7, 11) is 1.85. The molecule has 2 N–H and O–H groups in total. The van der Waals surface area contributed by atoms with Gasteiger partial charge in [-0.25, -0.2) is 9.78 Å². The molecule has 2 aliphatic rings. The summed E-state index contributed by atoms with van der Waals surface area (Å²) in [6.45, 7) is 2.81. The van der Waals surface area contributed by atoms with Crippen LogP contribution in [0.15, 0.2) is 91.4 Å². The van der Waals surface area contributed by atoms with Gasteiger partial charge in [0, 0.05) is 38.9 Å². The number of carbonyl (C=O) groups is 2. The highest BCUT2D eigenvalue weighted by molar-refractivity contribution is 5.92. The second kappa shape index (κ2) is 10.6. The number of primary amides is 1. The third-order valence-corrected chi connectivity index (χ3v) is 7.65. The Morgan fingerprint density at radius 1 is 1.05 bits per heavy atom. The van der Waals surface area contributed by atoms with Crippen LogP contribution in [0.3, 0.4) is 0 Å². The molecule has 1 aromatic heterocycles. The SMILES string of the molecule is CN(C(=O)n1cnc(C2(C(N)=O)C=CC=C(c3ccccc3)C2)c1)C1CCN(Cc2ccccc2)CC1. The standard InChI is InChI=1S/C30H33N5O2/c1-33(26-14-17-34(18-15-26)20-23-9-4-2-5-10-23)29(37)35-21-27(32-22-35)30(28(31)36)16-8-13-25(19-30)24-11-6-3-7-12-24/h2-13,16,21-22,26H,14-15,17-20H2,1H3,(H2,31,36). The second-order valence-corrected chi connectivity index (χ2v) is 9.98. The van der Waals surface area contributed by atoms with E-state index in [0.29, 0.717) is 12.1 Å². The van der Waals surface area contributed by atoms with E-state index >= 15 is 0 Å². The summed E-state index contributed by atoms with van der Waals surface area (Å²) in [6.07, 6.45) is 11.0. The average Bonchev–Trinajstić information content (AvgIpc) is 3.45. The summed E-state index contributed by atoms with van der Waals surface area (Å²) in [5.41, 5.74) is 8.66. The summed E-state index contributed by atoms with van der Waals surface area (Å²) in [6, 6.07) is 20.4. The van der Waals surface area contributed by atoms with Crippen molar-refractivity contribution in [3.8, 4) is 0 Å². The number of nitrogens with two attached hydrogens (primary N) is 1. The zero-order chi connectivity index (χ0) is 25.8. The van der Waals surface area contributed by atoms with Crippen LogP contribution < -0.4 is 5.73 Å². The van der Waals surface area contributed by atoms with Crippen LogP contribution in [-0.4, -0.2) is 57.5 Å². The molecular formula is C30H33N5O2. The number of amides is 2. The van der Waals surface area contributed by atoms with Gasteiger partial charge in [0.15, 0.2) is 0 Å². The maximum atomic E-state index is 13.4. The topological polar surface area (TPSA) is 84.5 Å². The molecule has 0 saturated carbocycles. The van der Waals surface area contributed by atoms with Gasteiger partial charge in [-0.05, 0) is 36.0 Å². The van der Waals surface area contributed by atoms with Crippen molar-refractivity contribution in [2.24, 2.45) is 5.73 Å². The Hall–Kier alpha value is -3.97. The molecule has 1 unspecified atom stereocenters. The Kier molecular flexibility index (Phi) is 7.06. The molecule has 7 heteroatoms. The third-order valence-electron chi connectivity index (χ3n) is 7.65. The van der Waals surface area contributed by atoms with Crippen LogP contribution in [0.4, 0.5) is 4.79 Å². The molecule has 0 radical (unpaired) electrons.